The first-order valence-electron chi connectivity index (χ1n) is 5.36. The van der Waals surface area contributed by atoms with Crippen molar-refractivity contribution in [3.63, 3.8) is 0 Å². The maximum atomic E-state index is 9.50. The van der Waals surface area contributed by atoms with Crippen molar-refractivity contribution in [2.24, 2.45) is 0 Å². The summed E-state index contributed by atoms with van der Waals surface area (Å²) in [6, 6.07) is 0. The molecular formula is C11H28FNO. The molecular weight excluding hydrogens is 181 g/mol. The van der Waals surface area contributed by atoms with Crippen molar-refractivity contribution in [1.82, 2.24) is 4.90 Å². The van der Waals surface area contributed by atoms with E-state index in [2.05, 4.69) is 16.7 Å². The Bertz CT molecular complexity index is 64.3. The van der Waals surface area contributed by atoms with Gasteiger partial charge in [0.2, 0.25) is 0 Å². The summed E-state index contributed by atoms with van der Waals surface area (Å²) in [5.74, 6) is 0. The minimum Gasteiger partial charge on any atom is -0.385 e. The number of hydrogen-bond acceptors (Lipinski definition) is 2. The van der Waals surface area contributed by atoms with Crippen LogP contribution in [0.5, 0.6) is 0 Å². The van der Waals surface area contributed by atoms with Gasteiger partial charge in [-0.1, -0.05) is 13.8 Å². The standard InChI is InChI=1S/C5H11N.C3H8O.C2H6.CH3F/c1-6-4-2-3-5-6;1-3-4-2;2*1-2/h2-5H2,1H3;3H2,1-2H3;1-2H3;1H3. The van der Waals surface area contributed by atoms with Gasteiger partial charge in [-0.15, -0.1) is 0 Å². The molecule has 0 radical (unpaired) electrons. The van der Waals surface area contributed by atoms with E-state index in [0.717, 1.165) is 6.61 Å². The number of ether oxygens (including phenoxy) is 1. The predicted octanol–water partition coefficient (Wildman–Crippen LogP) is 2.98. The van der Waals surface area contributed by atoms with Gasteiger partial charge in [-0.05, 0) is 39.9 Å². The maximum absolute atomic E-state index is 9.50. The Hall–Kier alpha value is -0.150. The van der Waals surface area contributed by atoms with Gasteiger partial charge >= 0.3 is 0 Å². The highest BCUT2D eigenvalue weighted by Gasteiger charge is 2.03. The van der Waals surface area contributed by atoms with E-state index in [1.165, 1.54) is 25.9 Å². The molecule has 0 aromatic heterocycles. The summed E-state index contributed by atoms with van der Waals surface area (Å²) in [4.78, 5) is 2.36. The molecule has 0 spiro atoms. The fraction of sp³-hybridized carbons (Fsp3) is 1.00. The highest BCUT2D eigenvalue weighted by molar-refractivity contribution is 4.59. The van der Waals surface area contributed by atoms with Crippen LogP contribution in [0.3, 0.4) is 0 Å². The van der Waals surface area contributed by atoms with Crippen LogP contribution in [0.4, 0.5) is 4.39 Å². The number of alkyl halides is 1. The van der Waals surface area contributed by atoms with Crippen molar-refractivity contribution in [2.45, 2.75) is 33.6 Å². The molecule has 0 amide bonds. The first kappa shape index (κ1) is 19.4. The molecule has 1 heterocycles. The molecule has 0 bridgehead atoms. The first-order valence-corrected chi connectivity index (χ1v) is 5.36. The van der Waals surface area contributed by atoms with Crippen LogP contribution in [0.25, 0.3) is 0 Å². The van der Waals surface area contributed by atoms with E-state index in [1.807, 2.05) is 20.8 Å². The van der Waals surface area contributed by atoms with Crippen LogP contribution < -0.4 is 0 Å². The third-order valence-corrected chi connectivity index (χ3v) is 1.62. The van der Waals surface area contributed by atoms with Gasteiger partial charge in [0.15, 0.2) is 0 Å². The number of rotatable bonds is 1. The Balaban J connectivity index is -0.000000134. The van der Waals surface area contributed by atoms with Crippen LogP contribution in [0.2, 0.25) is 0 Å². The maximum Gasteiger partial charge on any atom is 0.0785 e. The number of likely N-dealkylation sites (tertiary alicyclic amines) is 1. The highest BCUT2D eigenvalue weighted by Crippen LogP contribution is 2.01. The van der Waals surface area contributed by atoms with Crippen molar-refractivity contribution in [1.29, 1.82) is 0 Å². The van der Waals surface area contributed by atoms with Gasteiger partial charge in [0.25, 0.3) is 0 Å². The van der Waals surface area contributed by atoms with Gasteiger partial charge in [0.1, 0.15) is 0 Å². The smallest absolute Gasteiger partial charge is 0.0785 e. The Labute approximate surface area is 89.4 Å². The fourth-order valence-electron chi connectivity index (χ4n) is 0.875. The van der Waals surface area contributed by atoms with E-state index in [1.54, 1.807) is 7.11 Å². The second-order valence-corrected chi connectivity index (χ2v) is 2.59. The second kappa shape index (κ2) is 23.0. The van der Waals surface area contributed by atoms with Crippen LogP contribution in [0.1, 0.15) is 33.6 Å². The van der Waals surface area contributed by atoms with Crippen molar-refractivity contribution < 1.29 is 9.13 Å². The lowest BCUT2D eigenvalue weighted by Gasteiger charge is -2.01. The van der Waals surface area contributed by atoms with Crippen LogP contribution in [0, 0.1) is 0 Å². The molecule has 14 heavy (non-hydrogen) atoms. The van der Waals surface area contributed by atoms with E-state index in [-0.39, 0.29) is 0 Å². The Kier molecular flexibility index (Phi) is 32.0. The van der Waals surface area contributed by atoms with E-state index in [0.29, 0.717) is 7.18 Å². The average Bonchev–Trinajstić information content (AvgIpc) is 2.75. The minimum atomic E-state index is 0.500. The molecule has 1 aliphatic heterocycles. The van der Waals surface area contributed by atoms with Gasteiger partial charge in [-0.25, -0.2) is 0 Å². The highest BCUT2D eigenvalue weighted by atomic mass is 19.1. The fourth-order valence-corrected chi connectivity index (χ4v) is 0.875. The topological polar surface area (TPSA) is 12.5 Å². The lowest BCUT2D eigenvalue weighted by molar-refractivity contribution is 0.215. The zero-order chi connectivity index (χ0) is 11.8. The zero-order valence-corrected chi connectivity index (χ0v) is 10.8. The Morgan fingerprint density at radius 3 is 1.50 bits per heavy atom. The van der Waals surface area contributed by atoms with E-state index < -0.39 is 0 Å². The summed E-state index contributed by atoms with van der Waals surface area (Å²) in [6.45, 7) is 9.42. The normalized spacial score (nSPS) is 13.9. The molecule has 3 heteroatoms. The van der Waals surface area contributed by atoms with Gasteiger partial charge in [-0.2, -0.15) is 0 Å². The molecule has 0 unspecified atom stereocenters. The summed E-state index contributed by atoms with van der Waals surface area (Å²) in [5.41, 5.74) is 0. The predicted molar refractivity (Wildman–Crippen MR) is 62.7 cm³/mol. The second-order valence-electron chi connectivity index (χ2n) is 2.59. The molecule has 0 saturated carbocycles. The van der Waals surface area contributed by atoms with Crippen molar-refractivity contribution in [3.05, 3.63) is 0 Å². The third-order valence-electron chi connectivity index (χ3n) is 1.62. The first-order chi connectivity index (χ1) is 6.81. The molecule has 1 rings (SSSR count). The largest absolute Gasteiger partial charge is 0.385 e. The lowest BCUT2D eigenvalue weighted by Crippen LogP contribution is -2.10. The van der Waals surface area contributed by atoms with Crippen LogP contribution in [-0.2, 0) is 4.74 Å². The summed E-state index contributed by atoms with van der Waals surface area (Å²) in [5, 5.41) is 0. The molecule has 1 fully saturated rings. The van der Waals surface area contributed by atoms with Crippen molar-refractivity contribution in [3.8, 4) is 0 Å². The van der Waals surface area contributed by atoms with Gasteiger partial charge < -0.3 is 9.64 Å². The molecule has 0 N–H and O–H groups in total. The van der Waals surface area contributed by atoms with E-state index in [9.17, 15) is 4.39 Å². The molecule has 0 atom stereocenters. The van der Waals surface area contributed by atoms with Crippen LogP contribution in [-0.4, -0.2) is 45.9 Å². The number of halogens is 1. The number of hydrogen-bond donors (Lipinski definition) is 0. The molecule has 0 aromatic carbocycles. The Morgan fingerprint density at radius 1 is 1.14 bits per heavy atom. The molecule has 0 aliphatic carbocycles. The molecule has 1 saturated heterocycles. The van der Waals surface area contributed by atoms with Gasteiger partial charge in [0, 0.05) is 13.7 Å². The molecule has 1 aliphatic rings. The molecule has 90 valence electrons. The number of nitrogens with zero attached hydrogens (tertiary/aromatic N) is 1. The summed E-state index contributed by atoms with van der Waals surface area (Å²) < 4.78 is 14.0. The zero-order valence-electron chi connectivity index (χ0n) is 10.8. The Morgan fingerprint density at radius 2 is 1.43 bits per heavy atom. The minimum absolute atomic E-state index is 0.500. The monoisotopic (exact) mass is 209 g/mol. The summed E-state index contributed by atoms with van der Waals surface area (Å²) in [7, 11) is 4.35. The third kappa shape index (κ3) is 22.6. The lowest BCUT2D eigenvalue weighted by atomic mass is 10.4. The summed E-state index contributed by atoms with van der Waals surface area (Å²) >= 11 is 0. The molecule has 2 nitrogen and oxygen atoms in total. The van der Waals surface area contributed by atoms with E-state index in [4.69, 9.17) is 0 Å². The SMILES string of the molecule is CC.CCOC.CF.CN1CCCC1. The average molecular weight is 209 g/mol. The van der Waals surface area contributed by atoms with E-state index >= 15 is 0 Å². The van der Waals surface area contributed by atoms with Crippen LogP contribution in [0.15, 0.2) is 0 Å². The van der Waals surface area contributed by atoms with Gasteiger partial charge in [0.05, 0.1) is 7.18 Å². The summed E-state index contributed by atoms with van der Waals surface area (Å²) in [6.07, 6.45) is 2.83. The van der Waals surface area contributed by atoms with Crippen LogP contribution >= 0.6 is 0 Å². The number of methoxy groups -OCH3 is 1. The molecule has 0 aromatic rings. The van der Waals surface area contributed by atoms with Crippen molar-refractivity contribution >= 4 is 0 Å². The van der Waals surface area contributed by atoms with Crippen molar-refractivity contribution in [2.75, 3.05) is 41.0 Å². The van der Waals surface area contributed by atoms with Gasteiger partial charge in [-0.3, -0.25) is 4.39 Å². The quantitative estimate of drug-likeness (QED) is 0.658.